The summed E-state index contributed by atoms with van der Waals surface area (Å²) in [5.74, 6) is 1.67. The number of benzene rings is 3. The molecule has 0 N–H and O–H groups in total. The van der Waals surface area contributed by atoms with Gasteiger partial charge in [0, 0.05) is 43.0 Å². The minimum atomic E-state index is 0.0668. The van der Waals surface area contributed by atoms with E-state index in [0.717, 1.165) is 60.8 Å². The molecule has 0 atom stereocenters. The fraction of sp³-hybridized carbons (Fsp3) is 0.321. The van der Waals surface area contributed by atoms with Crippen molar-refractivity contribution in [2.45, 2.75) is 32.4 Å². The lowest BCUT2D eigenvalue weighted by Crippen LogP contribution is -2.47. The molecule has 1 aliphatic rings. The highest BCUT2D eigenvalue weighted by molar-refractivity contribution is 6.06. The first-order chi connectivity index (χ1) is 16.1. The standard InChI is InChI=1S/C28H32N2O3/c1-21-8-7-11-25(16-21)30(28(31)23-9-5-4-6-10-23)24-12-14-29(15-13-24)20-22-17-26(32-2)19-27(18-22)33-3/h4-11,16-19,24H,12-15,20H2,1-3H3. The van der Waals surface area contributed by atoms with Crippen molar-refractivity contribution in [1.82, 2.24) is 4.90 Å². The summed E-state index contributed by atoms with van der Waals surface area (Å²) < 4.78 is 10.8. The quantitative estimate of drug-likeness (QED) is 0.494. The number of amides is 1. The predicted octanol–water partition coefficient (Wildman–Crippen LogP) is 5.32. The molecule has 1 saturated heterocycles. The maximum atomic E-state index is 13.6. The number of rotatable bonds is 7. The van der Waals surface area contributed by atoms with Crippen molar-refractivity contribution in [2.24, 2.45) is 0 Å². The van der Waals surface area contributed by atoms with Crippen LogP contribution in [0.15, 0.2) is 72.8 Å². The number of methoxy groups -OCH3 is 2. The molecular formula is C28H32N2O3. The molecule has 0 aliphatic carbocycles. The van der Waals surface area contributed by atoms with E-state index in [1.807, 2.05) is 53.4 Å². The molecule has 3 aromatic rings. The second-order valence-corrected chi connectivity index (χ2v) is 8.61. The van der Waals surface area contributed by atoms with Crippen LogP contribution >= 0.6 is 0 Å². The first-order valence-electron chi connectivity index (χ1n) is 11.5. The molecule has 3 aromatic carbocycles. The van der Waals surface area contributed by atoms with Crippen molar-refractivity contribution in [2.75, 3.05) is 32.2 Å². The second kappa shape index (κ2) is 10.5. The summed E-state index contributed by atoms with van der Waals surface area (Å²) in [5, 5.41) is 0. The molecule has 1 amide bonds. The van der Waals surface area contributed by atoms with Gasteiger partial charge in [0.2, 0.25) is 0 Å². The third-order valence-electron chi connectivity index (χ3n) is 6.26. The topological polar surface area (TPSA) is 42.0 Å². The summed E-state index contributed by atoms with van der Waals surface area (Å²) in [7, 11) is 3.35. The Kier molecular flexibility index (Phi) is 7.30. The van der Waals surface area contributed by atoms with Crippen LogP contribution in [0, 0.1) is 6.92 Å². The zero-order valence-corrected chi connectivity index (χ0v) is 19.7. The van der Waals surface area contributed by atoms with E-state index in [1.165, 1.54) is 5.56 Å². The van der Waals surface area contributed by atoms with Crippen LogP contribution in [0.2, 0.25) is 0 Å². The summed E-state index contributed by atoms with van der Waals surface area (Å²) in [6, 6.07) is 24.0. The van der Waals surface area contributed by atoms with Crippen molar-refractivity contribution < 1.29 is 14.3 Å². The summed E-state index contributed by atoms with van der Waals surface area (Å²) in [4.78, 5) is 18.0. The van der Waals surface area contributed by atoms with E-state index in [9.17, 15) is 4.79 Å². The lowest BCUT2D eigenvalue weighted by molar-refractivity contribution is 0.0958. The Morgan fingerprint density at radius 2 is 1.58 bits per heavy atom. The van der Waals surface area contributed by atoms with Crippen molar-refractivity contribution in [3.63, 3.8) is 0 Å². The van der Waals surface area contributed by atoms with Gasteiger partial charge in [-0.2, -0.15) is 0 Å². The van der Waals surface area contributed by atoms with Crippen LogP contribution in [0.5, 0.6) is 11.5 Å². The molecule has 0 unspecified atom stereocenters. The largest absolute Gasteiger partial charge is 0.497 e. The van der Waals surface area contributed by atoms with E-state index in [4.69, 9.17) is 9.47 Å². The van der Waals surface area contributed by atoms with E-state index >= 15 is 0 Å². The SMILES string of the molecule is COc1cc(CN2CCC(N(C(=O)c3ccccc3)c3cccc(C)c3)CC2)cc(OC)c1. The van der Waals surface area contributed by atoms with Gasteiger partial charge in [-0.15, -0.1) is 0 Å². The van der Waals surface area contributed by atoms with Gasteiger partial charge in [-0.25, -0.2) is 0 Å². The first-order valence-corrected chi connectivity index (χ1v) is 11.5. The molecule has 1 heterocycles. The van der Waals surface area contributed by atoms with E-state index in [0.29, 0.717) is 0 Å². The number of hydrogen-bond acceptors (Lipinski definition) is 4. The molecule has 0 saturated carbocycles. The molecule has 1 fully saturated rings. The van der Waals surface area contributed by atoms with Gasteiger partial charge in [-0.05, 0) is 67.3 Å². The van der Waals surface area contributed by atoms with Gasteiger partial charge in [0.1, 0.15) is 11.5 Å². The second-order valence-electron chi connectivity index (χ2n) is 8.61. The molecule has 33 heavy (non-hydrogen) atoms. The van der Waals surface area contributed by atoms with Gasteiger partial charge in [-0.1, -0.05) is 30.3 Å². The van der Waals surface area contributed by atoms with Crippen LogP contribution in [0.3, 0.4) is 0 Å². The van der Waals surface area contributed by atoms with Gasteiger partial charge in [0.05, 0.1) is 14.2 Å². The van der Waals surface area contributed by atoms with Crippen LogP contribution in [-0.2, 0) is 6.54 Å². The van der Waals surface area contributed by atoms with Gasteiger partial charge in [0.25, 0.3) is 5.91 Å². The average molecular weight is 445 g/mol. The highest BCUT2D eigenvalue weighted by Gasteiger charge is 2.30. The van der Waals surface area contributed by atoms with E-state index < -0.39 is 0 Å². The molecule has 0 bridgehead atoms. The Labute approximate surface area is 196 Å². The fourth-order valence-corrected chi connectivity index (χ4v) is 4.54. The molecular weight excluding hydrogens is 412 g/mol. The summed E-state index contributed by atoms with van der Waals surface area (Å²) in [6.45, 7) is 4.75. The Bertz CT molecular complexity index is 1050. The Hall–Kier alpha value is -3.31. The maximum absolute atomic E-state index is 13.6. The summed E-state index contributed by atoms with van der Waals surface area (Å²) >= 11 is 0. The molecule has 0 spiro atoms. The van der Waals surface area contributed by atoms with Crippen LogP contribution in [-0.4, -0.2) is 44.2 Å². The van der Waals surface area contributed by atoms with Gasteiger partial charge in [0.15, 0.2) is 0 Å². The summed E-state index contributed by atoms with van der Waals surface area (Å²) in [5.41, 5.74) is 4.02. The van der Waals surface area contributed by atoms with Crippen molar-refractivity contribution >= 4 is 11.6 Å². The predicted molar refractivity (Wildman–Crippen MR) is 132 cm³/mol. The molecule has 172 valence electrons. The van der Waals surface area contributed by atoms with Gasteiger partial charge < -0.3 is 14.4 Å². The number of aryl methyl sites for hydroxylation is 1. The number of hydrogen-bond donors (Lipinski definition) is 0. The number of nitrogens with zero attached hydrogens (tertiary/aromatic N) is 2. The third kappa shape index (κ3) is 5.55. The maximum Gasteiger partial charge on any atom is 0.258 e. The van der Waals surface area contributed by atoms with Crippen molar-refractivity contribution in [3.8, 4) is 11.5 Å². The Balaban J connectivity index is 1.50. The average Bonchev–Trinajstić information content (AvgIpc) is 2.85. The molecule has 1 aliphatic heterocycles. The van der Waals surface area contributed by atoms with Crippen LogP contribution in [0.1, 0.15) is 34.3 Å². The summed E-state index contributed by atoms with van der Waals surface area (Å²) in [6.07, 6.45) is 1.85. The highest BCUT2D eigenvalue weighted by Crippen LogP contribution is 2.28. The van der Waals surface area contributed by atoms with Crippen molar-refractivity contribution in [3.05, 3.63) is 89.5 Å². The molecule has 5 nitrogen and oxygen atoms in total. The van der Waals surface area contributed by atoms with Crippen LogP contribution in [0.4, 0.5) is 5.69 Å². The smallest absolute Gasteiger partial charge is 0.258 e. The van der Waals surface area contributed by atoms with E-state index in [2.05, 4.69) is 36.1 Å². The third-order valence-corrected chi connectivity index (χ3v) is 6.26. The molecule has 0 radical (unpaired) electrons. The number of ether oxygens (including phenoxy) is 2. The number of piperidine rings is 1. The monoisotopic (exact) mass is 444 g/mol. The van der Waals surface area contributed by atoms with E-state index in [-0.39, 0.29) is 11.9 Å². The first kappa shape index (κ1) is 22.9. The van der Waals surface area contributed by atoms with Crippen molar-refractivity contribution in [1.29, 1.82) is 0 Å². The van der Waals surface area contributed by atoms with Gasteiger partial charge >= 0.3 is 0 Å². The Morgan fingerprint density at radius 1 is 0.909 bits per heavy atom. The minimum absolute atomic E-state index is 0.0668. The molecule has 0 aromatic heterocycles. The number of likely N-dealkylation sites (tertiary alicyclic amines) is 1. The zero-order chi connectivity index (χ0) is 23.2. The number of carbonyl (C=O) groups is 1. The molecule has 5 heteroatoms. The molecule has 4 rings (SSSR count). The fourth-order valence-electron chi connectivity index (χ4n) is 4.54. The lowest BCUT2D eigenvalue weighted by Gasteiger charge is -2.39. The number of carbonyl (C=O) groups excluding carboxylic acids is 1. The lowest BCUT2D eigenvalue weighted by atomic mass is 9.99. The van der Waals surface area contributed by atoms with Crippen LogP contribution in [0.25, 0.3) is 0 Å². The van der Waals surface area contributed by atoms with Crippen LogP contribution < -0.4 is 14.4 Å². The highest BCUT2D eigenvalue weighted by atomic mass is 16.5. The van der Waals surface area contributed by atoms with E-state index in [1.54, 1.807) is 14.2 Å². The zero-order valence-electron chi connectivity index (χ0n) is 19.7. The Morgan fingerprint density at radius 3 is 2.18 bits per heavy atom. The normalized spacial score (nSPS) is 14.6. The minimum Gasteiger partial charge on any atom is -0.497 e. The number of anilines is 1. The van der Waals surface area contributed by atoms with Gasteiger partial charge in [-0.3, -0.25) is 9.69 Å².